The number of halogens is 1. The van der Waals surface area contributed by atoms with Crippen LogP contribution in [0.25, 0.3) is 11.3 Å². The molecule has 9 nitrogen and oxygen atoms in total. The number of hydrogen-bond acceptors (Lipinski definition) is 7. The van der Waals surface area contributed by atoms with Crippen LogP contribution in [0.5, 0.6) is 0 Å². The largest absolute Gasteiger partial charge is 0.381 e. The highest BCUT2D eigenvalue weighted by Gasteiger charge is 2.34. The topological polar surface area (TPSA) is 100 Å². The predicted octanol–water partition coefficient (Wildman–Crippen LogP) is 4.60. The number of aryl methyl sites for hydroxylation is 1. The maximum atomic E-state index is 12.7. The van der Waals surface area contributed by atoms with Gasteiger partial charge in [0.25, 0.3) is 0 Å². The van der Waals surface area contributed by atoms with Gasteiger partial charge >= 0.3 is 0 Å². The number of aromatic nitrogens is 4. The highest BCUT2D eigenvalue weighted by molar-refractivity contribution is 6.28. The molecule has 0 bridgehead atoms. The van der Waals surface area contributed by atoms with Gasteiger partial charge in [0.15, 0.2) is 5.82 Å². The summed E-state index contributed by atoms with van der Waals surface area (Å²) in [5.74, 6) is 1.07. The standard InChI is InChI=1S/C28H30ClN7O2/c1-2-26(37)34-11-6-24-22(17-34)27(33-36(24)20-7-12-38-13-8-20)35-10-3-4-18-14-21(19(16-30)15-25(18)35)23-5-9-31-28(29)32-23/h5,9,14-15,20H,2-4,6-8,10-13,17H2,1H3. The Balaban J connectivity index is 1.45. The lowest BCUT2D eigenvalue weighted by Crippen LogP contribution is -2.37. The molecule has 0 unspecified atom stereocenters. The van der Waals surface area contributed by atoms with Crippen LogP contribution in [0.3, 0.4) is 0 Å². The van der Waals surface area contributed by atoms with E-state index in [0.717, 1.165) is 80.1 Å². The van der Waals surface area contributed by atoms with Crippen molar-refractivity contribution < 1.29 is 9.53 Å². The second kappa shape index (κ2) is 10.4. The van der Waals surface area contributed by atoms with Crippen LogP contribution in [-0.4, -0.2) is 56.9 Å². The molecule has 3 aliphatic heterocycles. The minimum absolute atomic E-state index is 0.155. The average molecular weight is 532 g/mol. The van der Waals surface area contributed by atoms with Crippen LogP contribution in [0.2, 0.25) is 5.28 Å². The number of carbonyl (C=O) groups excluding carboxylic acids is 1. The van der Waals surface area contributed by atoms with Crippen molar-refractivity contribution in [2.45, 2.75) is 58.0 Å². The van der Waals surface area contributed by atoms with Crippen molar-refractivity contribution in [2.24, 2.45) is 0 Å². The highest BCUT2D eigenvalue weighted by Crippen LogP contribution is 2.41. The molecule has 3 aliphatic rings. The van der Waals surface area contributed by atoms with Gasteiger partial charge in [-0.1, -0.05) is 6.92 Å². The van der Waals surface area contributed by atoms with Crippen molar-refractivity contribution in [3.8, 4) is 17.3 Å². The van der Waals surface area contributed by atoms with E-state index in [1.807, 2.05) is 17.9 Å². The lowest BCUT2D eigenvalue weighted by Gasteiger charge is -2.33. The minimum atomic E-state index is 0.155. The van der Waals surface area contributed by atoms with E-state index in [-0.39, 0.29) is 11.2 Å². The average Bonchev–Trinajstić information content (AvgIpc) is 3.35. The first-order valence-corrected chi connectivity index (χ1v) is 13.7. The Labute approximate surface area is 227 Å². The van der Waals surface area contributed by atoms with Crippen molar-refractivity contribution in [2.75, 3.05) is 31.2 Å². The zero-order valence-electron chi connectivity index (χ0n) is 21.5. The fourth-order valence-electron chi connectivity index (χ4n) is 5.96. The van der Waals surface area contributed by atoms with Crippen molar-refractivity contribution in [3.63, 3.8) is 0 Å². The third-order valence-corrected chi connectivity index (χ3v) is 8.05. The van der Waals surface area contributed by atoms with E-state index in [1.54, 1.807) is 12.3 Å². The number of hydrogen-bond donors (Lipinski definition) is 0. The van der Waals surface area contributed by atoms with Crippen LogP contribution in [0.1, 0.15) is 61.0 Å². The Bertz CT molecular complexity index is 1420. The van der Waals surface area contributed by atoms with Crippen LogP contribution >= 0.6 is 11.6 Å². The zero-order valence-corrected chi connectivity index (χ0v) is 22.2. The number of benzene rings is 1. The van der Waals surface area contributed by atoms with E-state index in [4.69, 9.17) is 21.4 Å². The Morgan fingerprint density at radius 1 is 1.24 bits per heavy atom. The van der Waals surface area contributed by atoms with Gasteiger partial charge in [0, 0.05) is 67.8 Å². The molecular formula is C28H30ClN7O2. The first-order chi connectivity index (χ1) is 18.6. The zero-order chi connectivity index (χ0) is 26.2. The maximum Gasteiger partial charge on any atom is 0.222 e. The van der Waals surface area contributed by atoms with Crippen molar-refractivity contribution in [3.05, 3.63) is 52.1 Å². The van der Waals surface area contributed by atoms with Crippen molar-refractivity contribution in [1.29, 1.82) is 5.26 Å². The molecule has 6 rings (SSSR count). The van der Waals surface area contributed by atoms with E-state index in [1.165, 1.54) is 5.69 Å². The summed E-state index contributed by atoms with van der Waals surface area (Å²) in [5, 5.41) is 15.5. The summed E-state index contributed by atoms with van der Waals surface area (Å²) >= 11 is 6.06. The van der Waals surface area contributed by atoms with E-state index in [0.29, 0.717) is 36.8 Å². The van der Waals surface area contributed by atoms with Crippen molar-refractivity contribution in [1.82, 2.24) is 24.6 Å². The minimum Gasteiger partial charge on any atom is -0.381 e. The van der Waals surface area contributed by atoms with Gasteiger partial charge < -0.3 is 14.5 Å². The molecule has 0 spiro atoms. The molecule has 1 aromatic carbocycles. The first-order valence-electron chi connectivity index (χ1n) is 13.4. The SMILES string of the molecule is CCC(=O)N1CCc2c(c(N3CCCc4cc(-c5ccnc(Cl)n5)c(C#N)cc43)nn2C2CCOCC2)C1. The van der Waals surface area contributed by atoms with Crippen LogP contribution < -0.4 is 4.90 Å². The first kappa shape index (κ1) is 24.8. The second-order valence-corrected chi connectivity index (χ2v) is 10.4. The molecule has 1 amide bonds. The van der Waals surface area contributed by atoms with Gasteiger partial charge in [-0.3, -0.25) is 9.48 Å². The molecule has 3 aromatic rings. The Kier molecular flexibility index (Phi) is 6.76. The summed E-state index contributed by atoms with van der Waals surface area (Å²) in [4.78, 5) is 25.2. The number of ether oxygens (including phenoxy) is 1. The number of nitrogens with zero attached hydrogens (tertiary/aromatic N) is 7. The molecule has 196 valence electrons. The third kappa shape index (κ3) is 4.42. The smallest absolute Gasteiger partial charge is 0.222 e. The van der Waals surface area contributed by atoms with Crippen LogP contribution in [0.15, 0.2) is 24.4 Å². The molecule has 0 atom stereocenters. The number of anilines is 2. The van der Waals surface area contributed by atoms with Gasteiger partial charge in [-0.05, 0) is 61.0 Å². The van der Waals surface area contributed by atoms with Gasteiger partial charge in [0.05, 0.1) is 29.9 Å². The molecule has 1 fully saturated rings. The van der Waals surface area contributed by atoms with Crippen LogP contribution in [0.4, 0.5) is 11.5 Å². The summed E-state index contributed by atoms with van der Waals surface area (Å²) < 4.78 is 7.85. The number of carbonyl (C=O) groups is 1. The molecule has 0 saturated carbocycles. The van der Waals surface area contributed by atoms with Gasteiger partial charge in [-0.25, -0.2) is 9.97 Å². The summed E-state index contributed by atoms with van der Waals surface area (Å²) in [6.07, 6.45) is 6.62. The van der Waals surface area contributed by atoms with E-state index in [2.05, 4.69) is 31.7 Å². The van der Waals surface area contributed by atoms with E-state index >= 15 is 0 Å². The monoisotopic (exact) mass is 531 g/mol. The quantitative estimate of drug-likeness (QED) is 0.454. The number of nitriles is 1. The van der Waals surface area contributed by atoms with Gasteiger partial charge in [0.1, 0.15) is 0 Å². The summed E-state index contributed by atoms with van der Waals surface area (Å²) in [6.45, 7) is 5.47. The fraction of sp³-hybridized carbons (Fsp3) is 0.464. The molecule has 38 heavy (non-hydrogen) atoms. The molecular weight excluding hydrogens is 502 g/mol. The molecule has 0 aliphatic carbocycles. The van der Waals surface area contributed by atoms with E-state index < -0.39 is 0 Å². The summed E-state index contributed by atoms with van der Waals surface area (Å²) in [5.41, 5.74) is 6.42. The molecule has 0 N–H and O–H groups in total. The van der Waals surface area contributed by atoms with Gasteiger partial charge in [-0.2, -0.15) is 10.4 Å². The predicted molar refractivity (Wildman–Crippen MR) is 143 cm³/mol. The molecule has 1 saturated heterocycles. The highest BCUT2D eigenvalue weighted by atomic mass is 35.5. The number of amides is 1. The van der Waals surface area contributed by atoms with Crippen LogP contribution in [-0.2, 0) is 28.9 Å². The Morgan fingerprint density at radius 2 is 2.08 bits per heavy atom. The van der Waals surface area contributed by atoms with Gasteiger partial charge in [-0.15, -0.1) is 0 Å². The second-order valence-electron chi connectivity index (χ2n) is 10.1. The van der Waals surface area contributed by atoms with E-state index in [9.17, 15) is 10.1 Å². The summed E-state index contributed by atoms with van der Waals surface area (Å²) in [7, 11) is 0. The lowest BCUT2D eigenvalue weighted by molar-refractivity contribution is -0.131. The number of fused-ring (bicyclic) bond motifs is 2. The van der Waals surface area contributed by atoms with Crippen molar-refractivity contribution >= 4 is 29.0 Å². The third-order valence-electron chi connectivity index (χ3n) is 7.87. The maximum absolute atomic E-state index is 12.7. The molecule has 0 radical (unpaired) electrons. The van der Waals surface area contributed by atoms with Crippen LogP contribution in [0, 0.1) is 11.3 Å². The molecule has 2 aromatic heterocycles. The molecule has 5 heterocycles. The normalized spacial score (nSPS) is 17.6. The number of rotatable bonds is 4. The Morgan fingerprint density at radius 3 is 2.84 bits per heavy atom. The Hall–Kier alpha value is -3.48. The summed E-state index contributed by atoms with van der Waals surface area (Å²) in [6, 6.07) is 8.45. The lowest BCUT2D eigenvalue weighted by atomic mass is 9.94. The fourth-order valence-corrected chi connectivity index (χ4v) is 6.10. The van der Waals surface area contributed by atoms with Gasteiger partial charge in [0.2, 0.25) is 11.2 Å². The molecule has 10 heteroatoms.